The van der Waals surface area contributed by atoms with E-state index in [9.17, 15) is 18.8 Å². The van der Waals surface area contributed by atoms with E-state index in [0.29, 0.717) is 49.4 Å². The van der Waals surface area contributed by atoms with Crippen molar-refractivity contribution in [3.05, 3.63) is 42.3 Å². The van der Waals surface area contributed by atoms with E-state index in [1.165, 1.54) is 11.0 Å². The molecule has 1 unspecified atom stereocenters. The van der Waals surface area contributed by atoms with Gasteiger partial charge in [0.1, 0.15) is 17.7 Å². The number of hydrogen-bond donors (Lipinski definition) is 1. The molecule has 2 N–H and O–H groups in total. The Morgan fingerprint density at radius 3 is 2.55 bits per heavy atom. The van der Waals surface area contributed by atoms with E-state index < -0.39 is 23.9 Å². The van der Waals surface area contributed by atoms with Gasteiger partial charge in [-0.05, 0) is 36.8 Å². The zero-order chi connectivity index (χ0) is 23.5. The molecule has 9 nitrogen and oxygen atoms in total. The van der Waals surface area contributed by atoms with Gasteiger partial charge in [-0.25, -0.2) is 14.2 Å². The lowest BCUT2D eigenvalue weighted by Gasteiger charge is -2.34. The van der Waals surface area contributed by atoms with Crippen molar-refractivity contribution < 1.29 is 23.5 Å². The van der Waals surface area contributed by atoms with Crippen LogP contribution in [0, 0.1) is 5.82 Å². The van der Waals surface area contributed by atoms with E-state index in [2.05, 4.69) is 9.88 Å². The second kappa shape index (κ2) is 9.43. The van der Waals surface area contributed by atoms with Gasteiger partial charge in [0.15, 0.2) is 0 Å². The average molecular weight is 455 g/mol. The summed E-state index contributed by atoms with van der Waals surface area (Å²) in [7, 11) is 0. The lowest BCUT2D eigenvalue weighted by atomic mass is 10.1. The topological polar surface area (TPSA) is 109 Å². The van der Waals surface area contributed by atoms with E-state index in [4.69, 9.17) is 10.5 Å². The number of nitrogens with zero attached hydrogens (tertiary/aromatic N) is 4. The van der Waals surface area contributed by atoms with Crippen LogP contribution in [0.15, 0.2) is 36.5 Å². The number of cyclic esters (lactones) is 1. The van der Waals surface area contributed by atoms with Gasteiger partial charge < -0.3 is 20.3 Å². The van der Waals surface area contributed by atoms with E-state index in [0.717, 1.165) is 5.82 Å². The summed E-state index contributed by atoms with van der Waals surface area (Å²) in [5.74, 6) is -0.0931. The maximum Gasteiger partial charge on any atom is 0.414 e. The molecule has 0 bridgehead atoms. The average Bonchev–Trinajstić information content (AvgIpc) is 3.18. The SMILES string of the molecule is CC(=O)N1CCN(c2ccc(-c3ccc(N4CC(CCC(N)=O)OC4=O)cc3F)cn2)CC1. The Morgan fingerprint density at radius 2 is 1.94 bits per heavy atom. The normalized spacial score (nSPS) is 18.4. The van der Waals surface area contributed by atoms with Gasteiger partial charge in [0.05, 0.1) is 12.2 Å². The van der Waals surface area contributed by atoms with Crippen LogP contribution < -0.4 is 15.5 Å². The predicted molar refractivity (Wildman–Crippen MR) is 120 cm³/mol. The summed E-state index contributed by atoms with van der Waals surface area (Å²) in [5, 5.41) is 0. The van der Waals surface area contributed by atoms with Gasteiger partial charge in [-0.3, -0.25) is 14.5 Å². The van der Waals surface area contributed by atoms with Crippen molar-refractivity contribution in [3.8, 4) is 11.1 Å². The van der Waals surface area contributed by atoms with Crippen molar-refractivity contribution in [1.29, 1.82) is 0 Å². The third-order valence-electron chi connectivity index (χ3n) is 5.96. The fourth-order valence-corrected chi connectivity index (χ4v) is 4.07. The number of amides is 3. The van der Waals surface area contributed by atoms with Crippen LogP contribution in [0.5, 0.6) is 0 Å². The van der Waals surface area contributed by atoms with Crippen molar-refractivity contribution in [2.24, 2.45) is 5.73 Å². The zero-order valence-corrected chi connectivity index (χ0v) is 18.4. The van der Waals surface area contributed by atoms with Gasteiger partial charge in [0.25, 0.3) is 0 Å². The van der Waals surface area contributed by atoms with Gasteiger partial charge in [-0.15, -0.1) is 0 Å². The molecule has 4 rings (SSSR count). The van der Waals surface area contributed by atoms with Gasteiger partial charge in [-0.2, -0.15) is 0 Å². The number of nitrogens with two attached hydrogens (primary N) is 1. The molecule has 1 aromatic carbocycles. The van der Waals surface area contributed by atoms with E-state index in [1.54, 1.807) is 30.2 Å². The standard InChI is InChI=1S/C23H26FN5O4/c1-15(30)27-8-10-28(11-9-27)22-7-2-16(13-26-22)19-5-3-17(12-20(19)24)29-14-18(33-23(29)32)4-6-21(25)31/h2-3,5,7,12-13,18H,4,6,8-11,14H2,1H3,(H2,25,31). The number of anilines is 2. The Morgan fingerprint density at radius 1 is 1.18 bits per heavy atom. The Balaban J connectivity index is 1.43. The summed E-state index contributed by atoms with van der Waals surface area (Å²) in [6.45, 7) is 4.49. The number of halogens is 1. The molecule has 174 valence electrons. The second-order valence-corrected chi connectivity index (χ2v) is 8.18. The Kier molecular flexibility index (Phi) is 6.43. The third-order valence-corrected chi connectivity index (χ3v) is 5.96. The van der Waals surface area contributed by atoms with E-state index >= 15 is 0 Å². The van der Waals surface area contributed by atoms with Gasteiger partial charge in [-0.1, -0.05) is 0 Å². The molecular formula is C23H26FN5O4. The van der Waals surface area contributed by atoms with E-state index in [-0.39, 0.29) is 18.9 Å². The Hall–Kier alpha value is -3.69. The summed E-state index contributed by atoms with van der Waals surface area (Å²) >= 11 is 0. The smallest absolute Gasteiger partial charge is 0.414 e. The van der Waals surface area contributed by atoms with Gasteiger partial charge in [0.2, 0.25) is 11.8 Å². The molecule has 33 heavy (non-hydrogen) atoms. The molecule has 2 aliphatic heterocycles. The molecule has 2 aliphatic rings. The first-order valence-corrected chi connectivity index (χ1v) is 10.8. The molecule has 3 amide bonds. The molecule has 2 fully saturated rings. The van der Waals surface area contributed by atoms with Crippen molar-refractivity contribution >= 4 is 29.4 Å². The van der Waals surface area contributed by atoms with Crippen LogP contribution in [0.1, 0.15) is 19.8 Å². The molecule has 10 heteroatoms. The number of rotatable bonds is 6. The maximum absolute atomic E-state index is 14.9. The fraction of sp³-hybridized carbons (Fsp3) is 0.391. The number of hydrogen-bond acceptors (Lipinski definition) is 6. The summed E-state index contributed by atoms with van der Waals surface area (Å²) in [6.07, 6.45) is 1.04. The molecule has 2 saturated heterocycles. The van der Waals surface area contributed by atoms with Crippen molar-refractivity contribution in [2.45, 2.75) is 25.9 Å². The van der Waals surface area contributed by atoms with Crippen LogP contribution in [-0.2, 0) is 14.3 Å². The maximum atomic E-state index is 14.9. The molecule has 0 radical (unpaired) electrons. The summed E-state index contributed by atoms with van der Waals surface area (Å²) in [4.78, 5) is 44.3. The quantitative estimate of drug-likeness (QED) is 0.715. The number of ether oxygens (including phenoxy) is 1. The van der Waals surface area contributed by atoms with Crippen LogP contribution in [0.2, 0.25) is 0 Å². The highest BCUT2D eigenvalue weighted by molar-refractivity contribution is 5.90. The summed E-state index contributed by atoms with van der Waals surface area (Å²) in [6, 6.07) is 8.21. The first kappa shape index (κ1) is 22.5. The minimum atomic E-state index is -0.576. The first-order chi connectivity index (χ1) is 15.8. The number of benzene rings is 1. The number of carbonyl (C=O) groups is 3. The molecule has 2 aromatic rings. The molecule has 0 saturated carbocycles. The molecule has 1 atom stereocenters. The zero-order valence-electron chi connectivity index (χ0n) is 18.4. The molecular weight excluding hydrogens is 429 g/mol. The number of pyridine rings is 1. The summed E-state index contributed by atoms with van der Waals surface area (Å²) in [5.41, 5.74) is 6.52. The third kappa shape index (κ3) is 5.05. The molecule has 0 aliphatic carbocycles. The lowest BCUT2D eigenvalue weighted by Crippen LogP contribution is -2.48. The van der Waals surface area contributed by atoms with Crippen molar-refractivity contribution in [2.75, 3.05) is 42.5 Å². The molecule has 0 spiro atoms. The number of aromatic nitrogens is 1. The highest BCUT2D eigenvalue weighted by Crippen LogP contribution is 2.30. The van der Waals surface area contributed by atoms with Crippen LogP contribution in [0.4, 0.5) is 20.7 Å². The molecule has 1 aromatic heterocycles. The number of piperazine rings is 1. The van der Waals surface area contributed by atoms with Crippen LogP contribution in [-0.4, -0.2) is 66.6 Å². The number of primary amides is 1. The highest BCUT2D eigenvalue weighted by atomic mass is 19.1. The summed E-state index contributed by atoms with van der Waals surface area (Å²) < 4.78 is 20.2. The highest BCUT2D eigenvalue weighted by Gasteiger charge is 2.32. The number of carbonyl (C=O) groups excluding carboxylic acids is 3. The second-order valence-electron chi connectivity index (χ2n) is 8.18. The van der Waals surface area contributed by atoms with Crippen molar-refractivity contribution in [1.82, 2.24) is 9.88 Å². The largest absolute Gasteiger partial charge is 0.444 e. The van der Waals surface area contributed by atoms with Crippen LogP contribution >= 0.6 is 0 Å². The Labute approximate surface area is 190 Å². The Bertz CT molecular complexity index is 1050. The van der Waals surface area contributed by atoms with Crippen LogP contribution in [0.3, 0.4) is 0 Å². The fourth-order valence-electron chi connectivity index (χ4n) is 4.07. The first-order valence-electron chi connectivity index (χ1n) is 10.8. The van der Waals surface area contributed by atoms with Gasteiger partial charge in [0, 0.05) is 56.8 Å². The minimum absolute atomic E-state index is 0.0697. The van der Waals surface area contributed by atoms with Crippen LogP contribution in [0.25, 0.3) is 11.1 Å². The van der Waals surface area contributed by atoms with Crippen molar-refractivity contribution in [3.63, 3.8) is 0 Å². The van der Waals surface area contributed by atoms with E-state index in [1.807, 2.05) is 12.1 Å². The predicted octanol–water partition coefficient (Wildman–Crippen LogP) is 2.15. The minimum Gasteiger partial charge on any atom is -0.444 e. The monoisotopic (exact) mass is 455 g/mol. The lowest BCUT2D eigenvalue weighted by molar-refractivity contribution is -0.129. The van der Waals surface area contributed by atoms with Gasteiger partial charge >= 0.3 is 6.09 Å². The molecule has 3 heterocycles.